The molecule has 1 atom stereocenters. The molecule has 1 aromatic rings. The minimum atomic E-state index is -0.600. The molecule has 0 bridgehead atoms. The van der Waals surface area contributed by atoms with Gasteiger partial charge in [0.15, 0.2) is 11.4 Å². The normalized spacial score (nSPS) is 20.3. The number of para-hydroxylation sites is 2. The van der Waals surface area contributed by atoms with Gasteiger partial charge in [-0.25, -0.2) is 9.79 Å². The van der Waals surface area contributed by atoms with Crippen molar-refractivity contribution in [3.05, 3.63) is 35.5 Å². The van der Waals surface area contributed by atoms with Gasteiger partial charge in [-0.2, -0.15) is 5.26 Å². The third-order valence-corrected chi connectivity index (χ3v) is 5.45. The highest BCUT2D eigenvalue weighted by molar-refractivity contribution is 6.12. The second-order valence-corrected chi connectivity index (χ2v) is 7.52. The van der Waals surface area contributed by atoms with Crippen molar-refractivity contribution in [2.75, 3.05) is 31.6 Å². The number of amidine groups is 1. The first-order chi connectivity index (χ1) is 14.1. The van der Waals surface area contributed by atoms with Crippen LogP contribution in [0.3, 0.4) is 0 Å². The van der Waals surface area contributed by atoms with Gasteiger partial charge in [0, 0.05) is 25.7 Å². The first-order valence-corrected chi connectivity index (χ1v) is 10.3. The van der Waals surface area contributed by atoms with E-state index in [2.05, 4.69) is 42.4 Å². The van der Waals surface area contributed by atoms with Crippen LogP contribution in [0.15, 0.2) is 40.5 Å². The van der Waals surface area contributed by atoms with Crippen LogP contribution in [0, 0.1) is 17.2 Å². The molecule has 1 fully saturated rings. The Morgan fingerprint density at radius 2 is 2.14 bits per heavy atom. The number of nitriles is 1. The van der Waals surface area contributed by atoms with Crippen molar-refractivity contribution in [1.29, 1.82) is 5.26 Å². The molecule has 0 amide bonds. The molecule has 0 aliphatic carbocycles. The second kappa shape index (κ2) is 9.57. The van der Waals surface area contributed by atoms with Crippen LogP contribution in [0.5, 0.6) is 0 Å². The van der Waals surface area contributed by atoms with Gasteiger partial charge in [-0.05, 0) is 25.0 Å². The summed E-state index contributed by atoms with van der Waals surface area (Å²) in [5.41, 5.74) is 1.96. The van der Waals surface area contributed by atoms with Crippen LogP contribution in [0.25, 0.3) is 0 Å². The summed E-state index contributed by atoms with van der Waals surface area (Å²) in [5, 5.41) is 16.5. The molecule has 0 aromatic heterocycles. The quantitative estimate of drug-likeness (QED) is 0.452. The average molecular weight is 396 g/mol. The molecule has 0 spiro atoms. The summed E-state index contributed by atoms with van der Waals surface area (Å²) in [4.78, 5) is 19.7. The molecule has 0 unspecified atom stereocenters. The van der Waals surface area contributed by atoms with Gasteiger partial charge in [-0.3, -0.25) is 0 Å². The van der Waals surface area contributed by atoms with Crippen LogP contribution >= 0.6 is 0 Å². The number of carbonyl (C=O) groups excluding carboxylic acids is 1. The zero-order chi connectivity index (χ0) is 20.8. The number of hydrogen-bond donors (Lipinski definition) is 2. The Morgan fingerprint density at radius 3 is 2.83 bits per heavy atom. The monoisotopic (exact) mass is 395 g/mol. The molecular formula is C22H29N5O2. The Morgan fingerprint density at radius 1 is 1.38 bits per heavy atom. The highest BCUT2D eigenvalue weighted by Crippen LogP contribution is 2.33. The van der Waals surface area contributed by atoms with E-state index in [1.807, 2.05) is 24.3 Å². The van der Waals surface area contributed by atoms with Crippen LogP contribution in [-0.2, 0) is 9.53 Å². The molecular weight excluding hydrogens is 366 g/mol. The van der Waals surface area contributed by atoms with E-state index in [4.69, 9.17) is 9.73 Å². The van der Waals surface area contributed by atoms with Gasteiger partial charge in [-0.15, -0.1) is 0 Å². The first-order valence-electron chi connectivity index (χ1n) is 10.3. The lowest BCUT2D eigenvalue weighted by Crippen LogP contribution is -2.52. The number of ether oxygens (including phenoxy) is 1. The number of aliphatic imine (C=N–C) groups is 1. The predicted molar refractivity (Wildman–Crippen MR) is 114 cm³/mol. The molecule has 2 aliphatic heterocycles. The molecule has 0 radical (unpaired) electrons. The fourth-order valence-corrected chi connectivity index (χ4v) is 3.56. The molecule has 2 N–H and O–H groups in total. The Hall–Kier alpha value is -2.85. The summed E-state index contributed by atoms with van der Waals surface area (Å²) < 4.78 is 5.49. The number of nitrogens with one attached hydrogen (secondary N) is 2. The first kappa shape index (κ1) is 20.9. The molecule has 0 saturated carbocycles. The molecule has 1 saturated heterocycles. The molecule has 7 nitrogen and oxygen atoms in total. The van der Waals surface area contributed by atoms with Crippen LogP contribution in [-0.4, -0.2) is 49.0 Å². The molecule has 29 heavy (non-hydrogen) atoms. The summed E-state index contributed by atoms with van der Waals surface area (Å²) in [6.45, 7) is 8.87. The number of nitrogens with zero attached hydrogens (tertiary/aromatic N) is 3. The van der Waals surface area contributed by atoms with Gasteiger partial charge in [0.2, 0.25) is 0 Å². The summed E-state index contributed by atoms with van der Waals surface area (Å²) in [5.74, 6) is 0.316. The molecule has 2 aliphatic rings. The lowest BCUT2D eigenvalue weighted by molar-refractivity contribution is -0.140. The topological polar surface area (TPSA) is 89.8 Å². The van der Waals surface area contributed by atoms with Crippen molar-refractivity contribution in [3.63, 3.8) is 0 Å². The third kappa shape index (κ3) is 4.77. The van der Waals surface area contributed by atoms with Crippen molar-refractivity contribution in [2.45, 2.75) is 39.7 Å². The Balaban J connectivity index is 1.96. The van der Waals surface area contributed by atoms with Gasteiger partial charge in [0.25, 0.3) is 0 Å². The van der Waals surface area contributed by atoms with Gasteiger partial charge < -0.3 is 20.3 Å². The maximum atomic E-state index is 12.8. The lowest BCUT2D eigenvalue weighted by Gasteiger charge is -2.36. The standard InChI is InChI=1S/C22H29N5O2/c1-4-16(5-2)14-29-22(28)17(12-23)20-21(27-11-10-24-15(3)13-27)26-19-9-7-6-8-18(19)25-20/h6-9,15-16,24-25H,4-5,10-11,13-14H2,1-3H3/b20-17-/t15-/m1/s1. The van der Waals surface area contributed by atoms with Crippen molar-refractivity contribution in [1.82, 2.24) is 10.2 Å². The molecule has 2 heterocycles. The van der Waals surface area contributed by atoms with E-state index in [0.29, 0.717) is 24.1 Å². The Kier molecular flexibility index (Phi) is 6.89. The van der Waals surface area contributed by atoms with Crippen molar-refractivity contribution < 1.29 is 9.53 Å². The van der Waals surface area contributed by atoms with Crippen LogP contribution in [0.2, 0.25) is 0 Å². The van der Waals surface area contributed by atoms with E-state index in [9.17, 15) is 10.1 Å². The van der Waals surface area contributed by atoms with E-state index < -0.39 is 5.97 Å². The summed E-state index contributed by atoms with van der Waals surface area (Å²) in [6, 6.07) is 9.98. The van der Waals surface area contributed by atoms with E-state index in [0.717, 1.165) is 43.9 Å². The lowest BCUT2D eigenvalue weighted by atomic mass is 10.1. The van der Waals surface area contributed by atoms with E-state index in [-0.39, 0.29) is 11.6 Å². The highest BCUT2D eigenvalue weighted by Gasteiger charge is 2.30. The van der Waals surface area contributed by atoms with Crippen molar-refractivity contribution in [3.8, 4) is 6.07 Å². The number of hydrogen-bond acceptors (Lipinski definition) is 7. The summed E-state index contributed by atoms with van der Waals surface area (Å²) >= 11 is 0. The number of piperazine rings is 1. The highest BCUT2D eigenvalue weighted by atomic mass is 16.5. The van der Waals surface area contributed by atoms with Crippen LogP contribution < -0.4 is 10.6 Å². The smallest absolute Gasteiger partial charge is 0.351 e. The maximum Gasteiger partial charge on any atom is 0.351 e. The van der Waals surface area contributed by atoms with E-state index >= 15 is 0 Å². The average Bonchev–Trinajstić information content (AvgIpc) is 2.74. The minimum Gasteiger partial charge on any atom is -0.461 e. The molecule has 3 rings (SSSR count). The fourth-order valence-electron chi connectivity index (χ4n) is 3.56. The number of benzene rings is 1. The molecule has 154 valence electrons. The van der Waals surface area contributed by atoms with Gasteiger partial charge in [-0.1, -0.05) is 38.8 Å². The maximum absolute atomic E-state index is 12.8. The number of fused-ring (bicyclic) bond motifs is 1. The van der Waals surface area contributed by atoms with E-state index in [1.165, 1.54) is 0 Å². The minimum absolute atomic E-state index is 0.0320. The van der Waals surface area contributed by atoms with Crippen molar-refractivity contribution >= 4 is 23.2 Å². The second-order valence-electron chi connectivity index (χ2n) is 7.52. The van der Waals surface area contributed by atoms with Crippen molar-refractivity contribution in [2.24, 2.45) is 10.9 Å². The number of rotatable bonds is 5. The fraction of sp³-hybridized carbons (Fsp3) is 0.500. The number of esters is 1. The Bertz CT molecular complexity index is 851. The molecule has 1 aromatic carbocycles. The zero-order valence-corrected chi connectivity index (χ0v) is 17.4. The Labute approximate surface area is 172 Å². The van der Waals surface area contributed by atoms with Crippen LogP contribution in [0.1, 0.15) is 33.6 Å². The SMILES string of the molecule is CCC(CC)COC(=O)/C(C#N)=C1\Nc2ccccc2N=C1N1CCN[C@H](C)C1. The van der Waals surface area contributed by atoms with Gasteiger partial charge >= 0.3 is 5.97 Å². The van der Waals surface area contributed by atoms with Gasteiger partial charge in [0.05, 0.1) is 18.0 Å². The molecule has 7 heteroatoms. The largest absolute Gasteiger partial charge is 0.461 e. The van der Waals surface area contributed by atoms with E-state index in [1.54, 1.807) is 0 Å². The van der Waals surface area contributed by atoms with Crippen LogP contribution in [0.4, 0.5) is 11.4 Å². The number of carbonyl (C=O) groups is 1. The summed E-state index contributed by atoms with van der Waals surface area (Å²) in [7, 11) is 0. The predicted octanol–water partition coefficient (Wildman–Crippen LogP) is 3.19. The van der Waals surface area contributed by atoms with Gasteiger partial charge in [0.1, 0.15) is 11.8 Å². The third-order valence-electron chi connectivity index (χ3n) is 5.45. The summed E-state index contributed by atoms with van der Waals surface area (Å²) in [6.07, 6.45) is 1.86. The number of anilines is 1. The zero-order valence-electron chi connectivity index (χ0n) is 17.4.